The zero-order chi connectivity index (χ0) is 21.6. The summed E-state index contributed by atoms with van der Waals surface area (Å²) in [6.07, 6.45) is -0.873. The second kappa shape index (κ2) is 10.3. The SMILES string of the molecule is Cc1cc(C(C)(C)c2ccc(OCC(O)CO)c(C)c2)ccc1OCC(C)CCl. The van der Waals surface area contributed by atoms with Crippen LogP contribution in [0.4, 0.5) is 0 Å². The van der Waals surface area contributed by atoms with Crippen molar-refractivity contribution in [2.75, 3.05) is 25.7 Å². The van der Waals surface area contributed by atoms with Gasteiger partial charge < -0.3 is 19.7 Å². The van der Waals surface area contributed by atoms with E-state index in [9.17, 15) is 5.11 Å². The van der Waals surface area contributed by atoms with Gasteiger partial charge in [-0.3, -0.25) is 0 Å². The summed E-state index contributed by atoms with van der Waals surface area (Å²) in [7, 11) is 0. The van der Waals surface area contributed by atoms with Gasteiger partial charge in [0.2, 0.25) is 0 Å². The van der Waals surface area contributed by atoms with E-state index in [-0.39, 0.29) is 18.6 Å². The van der Waals surface area contributed by atoms with E-state index < -0.39 is 6.10 Å². The first-order valence-corrected chi connectivity index (χ1v) is 10.5. The number of aliphatic hydroxyl groups is 2. The van der Waals surface area contributed by atoms with Gasteiger partial charge in [0.05, 0.1) is 13.2 Å². The van der Waals surface area contributed by atoms with Gasteiger partial charge in [-0.05, 0) is 48.2 Å². The molecule has 0 aliphatic heterocycles. The summed E-state index contributed by atoms with van der Waals surface area (Å²) in [5.74, 6) is 2.51. The van der Waals surface area contributed by atoms with Crippen molar-refractivity contribution in [1.82, 2.24) is 0 Å². The van der Waals surface area contributed by atoms with Gasteiger partial charge in [-0.2, -0.15) is 0 Å². The molecule has 29 heavy (non-hydrogen) atoms. The molecule has 0 heterocycles. The Labute approximate surface area is 179 Å². The molecule has 0 aromatic heterocycles. The molecule has 160 valence electrons. The maximum absolute atomic E-state index is 9.48. The second-order valence-electron chi connectivity index (χ2n) is 8.30. The molecule has 5 heteroatoms. The molecule has 2 N–H and O–H groups in total. The predicted octanol–water partition coefficient (Wildman–Crippen LogP) is 4.62. The third-order valence-corrected chi connectivity index (χ3v) is 5.75. The predicted molar refractivity (Wildman–Crippen MR) is 118 cm³/mol. The Balaban J connectivity index is 2.19. The highest BCUT2D eigenvalue weighted by atomic mass is 35.5. The third kappa shape index (κ3) is 6.11. The molecule has 0 spiro atoms. The lowest BCUT2D eigenvalue weighted by atomic mass is 9.77. The standard InChI is InChI=1S/C24H33ClO4/c1-16(12-25)14-28-22-8-6-19(10-17(22)2)24(4,5)20-7-9-23(18(3)11-20)29-15-21(27)13-26/h6-11,16,21,26-27H,12-15H2,1-5H3. The minimum atomic E-state index is -0.873. The molecule has 4 nitrogen and oxygen atoms in total. The van der Waals surface area contributed by atoms with Gasteiger partial charge in [0.25, 0.3) is 0 Å². The number of hydrogen-bond donors (Lipinski definition) is 2. The van der Waals surface area contributed by atoms with Crippen LogP contribution >= 0.6 is 11.6 Å². The fourth-order valence-corrected chi connectivity index (χ4v) is 3.17. The van der Waals surface area contributed by atoms with E-state index in [1.54, 1.807) is 0 Å². The van der Waals surface area contributed by atoms with Gasteiger partial charge in [-0.15, -0.1) is 11.6 Å². The molecule has 0 radical (unpaired) electrons. The Kier molecular flexibility index (Phi) is 8.38. The van der Waals surface area contributed by atoms with Crippen molar-refractivity contribution in [3.63, 3.8) is 0 Å². The van der Waals surface area contributed by atoms with Crippen molar-refractivity contribution in [3.05, 3.63) is 58.7 Å². The highest BCUT2D eigenvalue weighted by molar-refractivity contribution is 6.18. The molecule has 2 rings (SSSR count). The smallest absolute Gasteiger partial charge is 0.122 e. The molecule has 0 bridgehead atoms. The fourth-order valence-electron chi connectivity index (χ4n) is 3.08. The van der Waals surface area contributed by atoms with Crippen molar-refractivity contribution >= 4 is 11.6 Å². The first-order valence-electron chi connectivity index (χ1n) is 10.0. The molecular formula is C24H33ClO4. The minimum absolute atomic E-state index is 0.0725. The van der Waals surface area contributed by atoms with Gasteiger partial charge in [0.1, 0.15) is 24.2 Å². The van der Waals surface area contributed by atoms with Gasteiger partial charge in [0.15, 0.2) is 0 Å². The molecule has 0 aliphatic carbocycles. The molecule has 0 saturated carbocycles. The maximum atomic E-state index is 9.48. The van der Waals surface area contributed by atoms with Crippen LogP contribution in [0, 0.1) is 19.8 Å². The topological polar surface area (TPSA) is 58.9 Å². The van der Waals surface area contributed by atoms with E-state index in [0.29, 0.717) is 24.2 Å². The summed E-state index contributed by atoms with van der Waals surface area (Å²) in [5.41, 5.74) is 4.28. The van der Waals surface area contributed by atoms with Crippen LogP contribution in [-0.4, -0.2) is 42.0 Å². The van der Waals surface area contributed by atoms with Crippen LogP contribution in [0.5, 0.6) is 11.5 Å². The molecule has 2 unspecified atom stereocenters. The Hall–Kier alpha value is -1.75. The maximum Gasteiger partial charge on any atom is 0.122 e. The Morgan fingerprint density at radius 3 is 1.83 bits per heavy atom. The van der Waals surface area contributed by atoms with Crippen LogP contribution in [0.25, 0.3) is 0 Å². The third-order valence-electron chi connectivity index (χ3n) is 5.22. The lowest BCUT2D eigenvalue weighted by Crippen LogP contribution is -2.22. The van der Waals surface area contributed by atoms with Crippen LogP contribution in [0.1, 0.15) is 43.0 Å². The minimum Gasteiger partial charge on any atom is -0.493 e. The largest absolute Gasteiger partial charge is 0.493 e. The van der Waals surface area contributed by atoms with E-state index in [0.717, 1.165) is 16.9 Å². The highest BCUT2D eigenvalue weighted by Gasteiger charge is 2.24. The van der Waals surface area contributed by atoms with Gasteiger partial charge >= 0.3 is 0 Å². The molecule has 0 aliphatic rings. The lowest BCUT2D eigenvalue weighted by molar-refractivity contribution is 0.0534. The van der Waals surface area contributed by atoms with Crippen molar-refractivity contribution in [3.8, 4) is 11.5 Å². The van der Waals surface area contributed by atoms with Crippen molar-refractivity contribution < 1.29 is 19.7 Å². The lowest BCUT2D eigenvalue weighted by Gasteiger charge is -2.28. The number of aryl methyl sites for hydroxylation is 2. The summed E-state index contributed by atoms with van der Waals surface area (Å²) in [6, 6.07) is 12.4. The van der Waals surface area contributed by atoms with Crippen LogP contribution in [-0.2, 0) is 5.41 Å². The summed E-state index contributed by atoms with van der Waals surface area (Å²) < 4.78 is 11.5. The molecule has 2 atom stereocenters. The van der Waals surface area contributed by atoms with Crippen LogP contribution < -0.4 is 9.47 Å². The van der Waals surface area contributed by atoms with E-state index in [1.165, 1.54) is 11.1 Å². The summed E-state index contributed by atoms with van der Waals surface area (Å²) in [5, 5.41) is 18.4. The number of alkyl halides is 1. The molecular weight excluding hydrogens is 388 g/mol. The van der Waals surface area contributed by atoms with Crippen LogP contribution in [0.15, 0.2) is 36.4 Å². The van der Waals surface area contributed by atoms with Gasteiger partial charge in [0, 0.05) is 17.2 Å². The van der Waals surface area contributed by atoms with Crippen molar-refractivity contribution in [2.24, 2.45) is 5.92 Å². The normalized spacial score (nSPS) is 13.8. The van der Waals surface area contributed by atoms with Crippen LogP contribution in [0.3, 0.4) is 0 Å². The number of rotatable bonds is 10. The molecule has 0 fully saturated rings. The summed E-state index contributed by atoms with van der Waals surface area (Å²) >= 11 is 5.86. The van der Waals surface area contributed by atoms with Crippen molar-refractivity contribution in [1.29, 1.82) is 0 Å². The highest BCUT2D eigenvalue weighted by Crippen LogP contribution is 2.36. The average molecular weight is 421 g/mol. The fraction of sp³-hybridized carbons (Fsp3) is 0.500. The Bertz CT molecular complexity index is 738. The first kappa shape index (κ1) is 23.5. The number of benzene rings is 2. The summed E-state index contributed by atoms with van der Waals surface area (Å²) in [4.78, 5) is 0. The zero-order valence-electron chi connectivity index (χ0n) is 18.0. The van der Waals surface area contributed by atoms with Gasteiger partial charge in [-0.25, -0.2) is 0 Å². The second-order valence-corrected chi connectivity index (χ2v) is 8.61. The van der Waals surface area contributed by atoms with E-state index in [2.05, 4.69) is 52.0 Å². The molecule has 2 aromatic rings. The Morgan fingerprint density at radius 2 is 1.41 bits per heavy atom. The van der Waals surface area contributed by atoms with E-state index >= 15 is 0 Å². The molecule has 2 aromatic carbocycles. The number of hydrogen-bond acceptors (Lipinski definition) is 4. The monoisotopic (exact) mass is 420 g/mol. The van der Waals surface area contributed by atoms with Crippen molar-refractivity contribution in [2.45, 2.75) is 46.1 Å². The molecule has 0 saturated heterocycles. The van der Waals surface area contributed by atoms with Crippen LogP contribution in [0.2, 0.25) is 0 Å². The Morgan fingerprint density at radius 1 is 0.931 bits per heavy atom. The number of aliphatic hydroxyl groups excluding tert-OH is 2. The summed E-state index contributed by atoms with van der Waals surface area (Å²) in [6.45, 7) is 10.9. The number of halogens is 1. The zero-order valence-corrected chi connectivity index (χ0v) is 18.8. The van der Waals surface area contributed by atoms with E-state index in [1.807, 2.05) is 19.1 Å². The number of ether oxygens (including phenoxy) is 2. The first-order chi connectivity index (χ1) is 13.7. The average Bonchev–Trinajstić information content (AvgIpc) is 2.71. The molecule has 0 amide bonds. The quantitative estimate of drug-likeness (QED) is 0.551. The van der Waals surface area contributed by atoms with E-state index in [4.69, 9.17) is 26.2 Å². The van der Waals surface area contributed by atoms with Gasteiger partial charge in [-0.1, -0.05) is 45.0 Å².